The van der Waals surface area contributed by atoms with Crippen LogP contribution in [0.5, 0.6) is 0 Å². The minimum absolute atomic E-state index is 0.134. The van der Waals surface area contributed by atoms with Crippen LogP contribution in [0.1, 0.15) is 50.2 Å². The molecule has 0 saturated heterocycles. The Morgan fingerprint density at radius 2 is 0.907 bits per heavy atom. The van der Waals surface area contributed by atoms with E-state index in [0.717, 1.165) is 5.92 Å². The molecule has 0 N–H and O–H groups in total. The van der Waals surface area contributed by atoms with Gasteiger partial charge in [0, 0.05) is 36.0 Å². The van der Waals surface area contributed by atoms with Crippen LogP contribution in [-0.2, 0) is 10.8 Å². The van der Waals surface area contributed by atoms with Gasteiger partial charge in [0.05, 0.1) is 11.0 Å². The number of rotatable bonds is 7. The minimum atomic E-state index is -1.70. The summed E-state index contributed by atoms with van der Waals surface area (Å²) in [5.41, 5.74) is 7.67. The Bertz CT molecular complexity index is 2490. The van der Waals surface area contributed by atoms with Crippen LogP contribution in [0.15, 0.2) is 208 Å². The molecule has 2 heteroatoms. The topological polar surface area (TPSA) is 4.93 Å². The maximum atomic E-state index is 2.59. The van der Waals surface area contributed by atoms with Crippen LogP contribution in [0.2, 0.25) is 0 Å². The van der Waals surface area contributed by atoms with Gasteiger partial charge in [-0.25, -0.2) is 0 Å². The van der Waals surface area contributed by atoms with Gasteiger partial charge in [-0.2, -0.15) is 0 Å². The highest BCUT2D eigenvalue weighted by Gasteiger charge is 2.70. The third-order valence-electron chi connectivity index (χ3n) is 13.7. The summed E-state index contributed by atoms with van der Waals surface area (Å²) < 4.78 is 2.45. The van der Waals surface area contributed by atoms with Gasteiger partial charge in [0.1, 0.15) is 0 Å². The molecule has 0 amide bonds. The van der Waals surface area contributed by atoms with Gasteiger partial charge in [-0.3, -0.25) is 0 Å². The molecule has 1 aromatic heterocycles. The summed E-state index contributed by atoms with van der Waals surface area (Å²) in [4.78, 5) is 5.54. The molecule has 8 aromatic rings. The normalized spacial score (nSPS) is 24.7. The molecule has 4 atom stereocenters. The number of benzene rings is 7. The lowest BCUT2D eigenvalue weighted by molar-refractivity contribution is 0.160. The van der Waals surface area contributed by atoms with Crippen molar-refractivity contribution in [2.75, 3.05) is 0 Å². The summed E-state index contributed by atoms with van der Waals surface area (Å²) in [5, 5.41) is 2.63. The zero-order chi connectivity index (χ0) is 36.0. The number of para-hydroxylation sites is 2. The molecule has 11 rings (SSSR count). The Labute approximate surface area is 320 Å². The molecule has 0 radical (unpaired) electrons. The monoisotopic (exact) mass is 715 g/mol. The Hall–Kier alpha value is -5.31. The van der Waals surface area contributed by atoms with Crippen LogP contribution < -0.4 is 0 Å². The van der Waals surface area contributed by atoms with E-state index in [1.165, 1.54) is 84.7 Å². The van der Waals surface area contributed by atoms with Gasteiger partial charge in [-0.15, -0.1) is 10.0 Å². The van der Waals surface area contributed by atoms with Crippen molar-refractivity contribution in [1.29, 1.82) is 0 Å². The number of hydrogen-bond donors (Lipinski definition) is 0. The first-order valence-corrected chi connectivity index (χ1v) is 21.3. The molecule has 1 nitrogen and oxygen atoms in total. The highest BCUT2D eigenvalue weighted by Crippen LogP contribution is 2.79. The molecule has 264 valence electrons. The van der Waals surface area contributed by atoms with E-state index in [0.29, 0.717) is 5.41 Å². The van der Waals surface area contributed by atoms with Crippen molar-refractivity contribution in [2.24, 2.45) is 11.3 Å². The molecule has 2 bridgehead atoms. The van der Waals surface area contributed by atoms with Crippen molar-refractivity contribution < 1.29 is 0 Å². The van der Waals surface area contributed by atoms with Gasteiger partial charge in [-0.1, -0.05) is 122 Å². The van der Waals surface area contributed by atoms with Gasteiger partial charge in [0.15, 0.2) is 0 Å². The molecule has 54 heavy (non-hydrogen) atoms. The second-order valence-electron chi connectivity index (χ2n) is 16.8. The Kier molecular flexibility index (Phi) is 7.05. The van der Waals surface area contributed by atoms with Gasteiger partial charge in [0.2, 0.25) is 0 Å². The fourth-order valence-electron chi connectivity index (χ4n) is 11.6. The third kappa shape index (κ3) is 4.66. The lowest BCUT2D eigenvalue weighted by atomic mass is 9.56. The third-order valence-corrected chi connectivity index (χ3v) is 17.6. The maximum absolute atomic E-state index is 2.59. The standard InChI is InChI=1S/C52H45NS/c1-50(38-25-29-41(30-26-38)53-48-23-13-11-21-46(48)47-22-12-14-24-49(47)53)35-51(33-40-34-52(40,36-50)37-51)39-27-31-45(32-28-39)54(42-15-5-2-6-16-42,43-17-7-3-8-18-43)44-19-9-4-10-20-44/h2-32,40H,33-37H2,1H3. The van der Waals surface area contributed by atoms with E-state index < -0.39 is 10.0 Å². The molecule has 4 unspecified atom stereocenters. The fraction of sp³-hybridized carbons (Fsp3) is 0.192. The molecule has 3 aliphatic carbocycles. The molecule has 1 spiro atoms. The minimum Gasteiger partial charge on any atom is -0.309 e. The van der Waals surface area contributed by atoms with E-state index in [4.69, 9.17) is 0 Å². The van der Waals surface area contributed by atoms with Crippen LogP contribution in [0.25, 0.3) is 27.5 Å². The van der Waals surface area contributed by atoms with Gasteiger partial charge in [-0.05, 0) is 138 Å². The van der Waals surface area contributed by atoms with E-state index in [2.05, 4.69) is 200 Å². The van der Waals surface area contributed by atoms with Gasteiger partial charge < -0.3 is 4.57 Å². The van der Waals surface area contributed by atoms with Crippen LogP contribution in [0.3, 0.4) is 0 Å². The second-order valence-corrected chi connectivity index (χ2v) is 19.9. The summed E-state index contributed by atoms with van der Waals surface area (Å²) >= 11 is 0. The van der Waals surface area contributed by atoms with Crippen molar-refractivity contribution in [3.8, 4) is 5.69 Å². The number of fused-ring (bicyclic) bond motifs is 4. The highest BCUT2D eigenvalue weighted by atomic mass is 32.3. The summed E-state index contributed by atoms with van der Waals surface area (Å²) in [6.07, 6.45) is 6.59. The molecule has 0 aliphatic heterocycles. The molecule has 1 heterocycles. The van der Waals surface area contributed by atoms with Crippen LogP contribution >= 0.6 is 10.0 Å². The van der Waals surface area contributed by atoms with Crippen molar-refractivity contribution in [2.45, 2.75) is 69.4 Å². The number of hydrogen-bond acceptors (Lipinski definition) is 0. The molecular weight excluding hydrogens is 671 g/mol. The van der Waals surface area contributed by atoms with E-state index in [1.807, 2.05) is 0 Å². The van der Waals surface area contributed by atoms with Gasteiger partial charge >= 0.3 is 0 Å². The fourth-order valence-corrected chi connectivity index (χ4v) is 15.5. The summed E-state index contributed by atoms with van der Waals surface area (Å²) in [6, 6.07) is 71.2. The van der Waals surface area contributed by atoms with Crippen LogP contribution in [0.4, 0.5) is 0 Å². The molecule has 7 aromatic carbocycles. The maximum Gasteiger partial charge on any atom is 0.0541 e. The van der Waals surface area contributed by atoms with Crippen molar-refractivity contribution in [3.63, 3.8) is 0 Å². The second kappa shape index (κ2) is 11.8. The average Bonchev–Trinajstić information content (AvgIpc) is 3.62. The lowest BCUT2D eigenvalue weighted by Gasteiger charge is -2.48. The zero-order valence-electron chi connectivity index (χ0n) is 30.9. The van der Waals surface area contributed by atoms with E-state index in [1.54, 1.807) is 5.56 Å². The number of nitrogens with zero attached hydrogens (tertiary/aromatic N) is 1. The highest BCUT2D eigenvalue weighted by molar-refractivity contribution is 8.34. The largest absolute Gasteiger partial charge is 0.309 e. The van der Waals surface area contributed by atoms with Crippen LogP contribution in [0, 0.1) is 11.3 Å². The first kappa shape index (κ1) is 32.1. The SMILES string of the molecule is CC1(c2ccc(-n3c4ccccc4c4ccccc43)cc2)CC2(c3ccc(S(c4ccccc4)(c4ccccc4)c4ccccc4)cc3)CC3CC3(C1)C2. The zero-order valence-corrected chi connectivity index (χ0v) is 31.7. The lowest BCUT2D eigenvalue weighted by Crippen LogP contribution is -2.41. The quantitative estimate of drug-likeness (QED) is 0.155. The van der Waals surface area contributed by atoms with Crippen molar-refractivity contribution >= 4 is 31.8 Å². The smallest absolute Gasteiger partial charge is 0.0541 e. The Morgan fingerprint density at radius 3 is 1.44 bits per heavy atom. The van der Waals surface area contributed by atoms with E-state index in [-0.39, 0.29) is 10.8 Å². The van der Waals surface area contributed by atoms with Gasteiger partial charge in [0.25, 0.3) is 0 Å². The summed E-state index contributed by atoms with van der Waals surface area (Å²) in [7, 11) is -1.70. The van der Waals surface area contributed by atoms with E-state index >= 15 is 0 Å². The summed E-state index contributed by atoms with van der Waals surface area (Å²) in [5.74, 6) is 0.860. The first-order chi connectivity index (χ1) is 26.5. The van der Waals surface area contributed by atoms with E-state index in [9.17, 15) is 0 Å². The van der Waals surface area contributed by atoms with Crippen molar-refractivity contribution in [1.82, 2.24) is 4.57 Å². The molecule has 3 saturated carbocycles. The Balaban J connectivity index is 0.982. The van der Waals surface area contributed by atoms with Crippen molar-refractivity contribution in [3.05, 3.63) is 199 Å². The molecular formula is C52H45NS. The summed E-state index contributed by atoms with van der Waals surface area (Å²) in [6.45, 7) is 2.59. The predicted octanol–water partition coefficient (Wildman–Crippen LogP) is 13.9. The Morgan fingerprint density at radius 1 is 0.444 bits per heavy atom. The molecule has 3 aliphatic rings. The molecule has 3 fully saturated rings. The average molecular weight is 716 g/mol. The predicted molar refractivity (Wildman–Crippen MR) is 225 cm³/mol. The number of aromatic nitrogens is 1. The van der Waals surface area contributed by atoms with Crippen LogP contribution in [-0.4, -0.2) is 4.57 Å². The first-order valence-electron chi connectivity index (χ1n) is 19.7.